The van der Waals surface area contributed by atoms with Gasteiger partial charge in [0.15, 0.2) is 0 Å². The van der Waals surface area contributed by atoms with Crippen molar-refractivity contribution < 1.29 is 10.0 Å². The zero-order valence-corrected chi connectivity index (χ0v) is 6.49. The summed E-state index contributed by atoms with van der Waals surface area (Å²) in [7, 11) is 0.685. The van der Waals surface area contributed by atoms with E-state index >= 15 is 0 Å². The van der Waals surface area contributed by atoms with E-state index < -0.39 is 7.12 Å². The second-order valence-corrected chi connectivity index (χ2v) is 2.47. The van der Waals surface area contributed by atoms with E-state index in [9.17, 15) is 0 Å². The van der Waals surface area contributed by atoms with E-state index in [-0.39, 0.29) is 0 Å². The molecule has 0 heterocycles. The van der Waals surface area contributed by atoms with Gasteiger partial charge in [0.2, 0.25) is 0 Å². The molecule has 0 fully saturated rings. The Morgan fingerprint density at radius 1 is 1.36 bits per heavy atom. The van der Waals surface area contributed by atoms with Crippen LogP contribution in [0.25, 0.3) is 0 Å². The minimum atomic E-state index is -1.35. The SMILES string of the molecule is BCc1cccc(B(O)O)c1. The maximum absolute atomic E-state index is 8.80. The number of hydrogen-bond acceptors (Lipinski definition) is 2. The van der Waals surface area contributed by atoms with Crippen LogP contribution in [0.3, 0.4) is 0 Å². The molecule has 0 aliphatic carbocycles. The topological polar surface area (TPSA) is 40.5 Å². The summed E-state index contributed by atoms with van der Waals surface area (Å²) in [6.45, 7) is 0. The maximum atomic E-state index is 8.80. The summed E-state index contributed by atoms with van der Waals surface area (Å²) in [6.07, 6.45) is 0.917. The molecule has 1 aromatic carbocycles. The molecule has 0 unspecified atom stereocenters. The lowest BCUT2D eigenvalue weighted by molar-refractivity contribution is 0.425. The van der Waals surface area contributed by atoms with Crippen LogP contribution in [0, 0.1) is 0 Å². The summed E-state index contributed by atoms with van der Waals surface area (Å²) in [6, 6.07) is 7.29. The van der Waals surface area contributed by atoms with Gasteiger partial charge in [-0.05, 0) is 5.46 Å². The average molecular weight is 148 g/mol. The molecule has 0 bridgehead atoms. The highest BCUT2D eigenvalue weighted by molar-refractivity contribution is 6.58. The molecule has 0 saturated heterocycles. The van der Waals surface area contributed by atoms with Crippen LogP contribution in [0.4, 0.5) is 0 Å². The maximum Gasteiger partial charge on any atom is 0.488 e. The molecule has 1 rings (SSSR count). The lowest BCUT2D eigenvalue weighted by Gasteiger charge is -2.00. The number of benzene rings is 1. The van der Waals surface area contributed by atoms with Crippen molar-refractivity contribution in [1.29, 1.82) is 0 Å². The molecule has 0 saturated carbocycles. The summed E-state index contributed by atoms with van der Waals surface area (Å²) < 4.78 is 0. The third-order valence-corrected chi connectivity index (χ3v) is 1.66. The van der Waals surface area contributed by atoms with Crippen molar-refractivity contribution in [3.8, 4) is 0 Å². The smallest absolute Gasteiger partial charge is 0.423 e. The third-order valence-electron chi connectivity index (χ3n) is 1.66. The summed E-state index contributed by atoms with van der Waals surface area (Å²) in [5, 5.41) is 17.6. The molecule has 2 N–H and O–H groups in total. The summed E-state index contributed by atoms with van der Waals surface area (Å²) >= 11 is 0. The van der Waals surface area contributed by atoms with Gasteiger partial charge in [-0.2, -0.15) is 0 Å². The molecule has 1 aromatic rings. The van der Waals surface area contributed by atoms with Gasteiger partial charge in [-0.1, -0.05) is 36.1 Å². The van der Waals surface area contributed by atoms with Gasteiger partial charge in [0, 0.05) is 0 Å². The zero-order valence-electron chi connectivity index (χ0n) is 6.49. The fourth-order valence-electron chi connectivity index (χ4n) is 0.974. The normalized spacial score (nSPS) is 9.64. The summed E-state index contributed by atoms with van der Waals surface area (Å²) in [4.78, 5) is 0. The Hall–Kier alpha value is -0.730. The van der Waals surface area contributed by atoms with Gasteiger partial charge in [-0.15, -0.1) is 0 Å². The molecule has 0 aliphatic rings. The van der Waals surface area contributed by atoms with Crippen molar-refractivity contribution in [1.82, 2.24) is 0 Å². The Balaban J connectivity index is 2.91. The van der Waals surface area contributed by atoms with E-state index in [4.69, 9.17) is 10.0 Å². The van der Waals surface area contributed by atoms with Crippen molar-refractivity contribution in [2.75, 3.05) is 0 Å². The van der Waals surface area contributed by atoms with E-state index in [1.165, 1.54) is 0 Å². The molecular weight excluding hydrogens is 138 g/mol. The van der Waals surface area contributed by atoms with E-state index in [2.05, 4.69) is 0 Å². The van der Waals surface area contributed by atoms with Gasteiger partial charge in [0.25, 0.3) is 0 Å². The average Bonchev–Trinajstić information content (AvgIpc) is 2.05. The molecule has 0 radical (unpaired) electrons. The Bertz CT molecular complexity index is 238. The highest BCUT2D eigenvalue weighted by Gasteiger charge is 2.09. The van der Waals surface area contributed by atoms with Crippen molar-refractivity contribution in [3.63, 3.8) is 0 Å². The van der Waals surface area contributed by atoms with E-state index in [1.54, 1.807) is 12.1 Å². The largest absolute Gasteiger partial charge is 0.488 e. The van der Waals surface area contributed by atoms with Crippen LogP contribution < -0.4 is 5.46 Å². The fourth-order valence-corrected chi connectivity index (χ4v) is 0.974. The summed E-state index contributed by atoms with van der Waals surface area (Å²) in [5.41, 5.74) is 1.68. The molecular formula is C7H10B2O2. The van der Waals surface area contributed by atoms with E-state index in [1.807, 2.05) is 20.0 Å². The molecule has 56 valence electrons. The molecule has 0 spiro atoms. The Labute approximate surface area is 67.4 Å². The Morgan fingerprint density at radius 2 is 2.09 bits per heavy atom. The van der Waals surface area contributed by atoms with Crippen molar-refractivity contribution in [2.24, 2.45) is 0 Å². The van der Waals surface area contributed by atoms with Gasteiger partial charge in [0.1, 0.15) is 7.85 Å². The fraction of sp³-hybridized carbons (Fsp3) is 0.143. The quantitative estimate of drug-likeness (QED) is 0.501. The predicted octanol–water partition coefficient (Wildman–Crippen LogP) is -1.50. The van der Waals surface area contributed by atoms with Crippen LogP contribution in [-0.2, 0) is 6.32 Å². The Kier molecular flexibility index (Phi) is 2.74. The van der Waals surface area contributed by atoms with Crippen LogP contribution >= 0.6 is 0 Å². The van der Waals surface area contributed by atoms with Crippen LogP contribution in [0.15, 0.2) is 24.3 Å². The van der Waals surface area contributed by atoms with Crippen LogP contribution in [-0.4, -0.2) is 25.0 Å². The molecule has 2 nitrogen and oxygen atoms in total. The molecule has 0 amide bonds. The first kappa shape index (κ1) is 8.37. The van der Waals surface area contributed by atoms with Crippen molar-refractivity contribution >= 4 is 20.4 Å². The molecule has 4 heteroatoms. The third kappa shape index (κ3) is 2.10. The molecule has 0 aliphatic heterocycles. The first-order chi connectivity index (χ1) is 5.24. The van der Waals surface area contributed by atoms with Gasteiger partial charge >= 0.3 is 7.12 Å². The van der Waals surface area contributed by atoms with Crippen LogP contribution in [0.5, 0.6) is 0 Å². The van der Waals surface area contributed by atoms with E-state index in [0.29, 0.717) is 5.46 Å². The van der Waals surface area contributed by atoms with Crippen LogP contribution in [0.1, 0.15) is 5.56 Å². The van der Waals surface area contributed by atoms with Gasteiger partial charge in [-0.25, -0.2) is 0 Å². The van der Waals surface area contributed by atoms with Gasteiger partial charge in [0.05, 0.1) is 0 Å². The predicted molar refractivity (Wildman–Crippen MR) is 48.5 cm³/mol. The number of rotatable bonds is 2. The van der Waals surface area contributed by atoms with Gasteiger partial charge < -0.3 is 10.0 Å². The van der Waals surface area contributed by atoms with Crippen molar-refractivity contribution in [2.45, 2.75) is 6.32 Å². The lowest BCUT2D eigenvalue weighted by Crippen LogP contribution is -2.29. The first-order valence-electron chi connectivity index (χ1n) is 3.69. The minimum Gasteiger partial charge on any atom is -0.423 e. The highest BCUT2D eigenvalue weighted by atomic mass is 16.4. The molecule has 11 heavy (non-hydrogen) atoms. The van der Waals surface area contributed by atoms with Crippen LogP contribution in [0.2, 0.25) is 0 Å². The standard InChI is InChI=1S/C7H10B2O2/c8-5-6-2-1-3-7(4-6)9(10)11/h1-4,10-11H,5,8H2. The van der Waals surface area contributed by atoms with E-state index in [0.717, 1.165) is 11.9 Å². The first-order valence-corrected chi connectivity index (χ1v) is 3.69. The zero-order chi connectivity index (χ0) is 8.27. The minimum absolute atomic E-state index is 0.560. The van der Waals surface area contributed by atoms with Gasteiger partial charge in [-0.3, -0.25) is 0 Å². The second kappa shape index (κ2) is 3.60. The molecule has 0 atom stereocenters. The lowest BCUT2D eigenvalue weighted by atomic mass is 9.78. The monoisotopic (exact) mass is 148 g/mol. The second-order valence-electron chi connectivity index (χ2n) is 2.47. The van der Waals surface area contributed by atoms with Crippen molar-refractivity contribution in [3.05, 3.63) is 29.8 Å². The highest BCUT2D eigenvalue weighted by Crippen LogP contribution is 1.95. The summed E-state index contributed by atoms with van der Waals surface area (Å²) in [5.74, 6) is 0. The Morgan fingerprint density at radius 3 is 2.64 bits per heavy atom. The molecule has 0 aromatic heterocycles. The number of hydrogen-bond donors (Lipinski definition) is 2.